The molecule has 0 saturated carbocycles. The molecule has 29 heavy (non-hydrogen) atoms. The van der Waals surface area contributed by atoms with Crippen molar-refractivity contribution in [2.24, 2.45) is 10.9 Å². The third kappa shape index (κ3) is 3.07. The molecule has 2 atom stereocenters. The van der Waals surface area contributed by atoms with Crippen molar-refractivity contribution < 1.29 is 19.1 Å². The number of nitrogens with zero attached hydrogens (tertiary/aromatic N) is 2. The van der Waals surface area contributed by atoms with Crippen LogP contribution in [0.5, 0.6) is 0 Å². The Bertz CT molecular complexity index is 962. The summed E-state index contributed by atoms with van der Waals surface area (Å²) < 4.78 is 11.2. The number of rotatable bonds is 4. The average molecular weight is 393 g/mol. The van der Waals surface area contributed by atoms with Gasteiger partial charge in [-0.3, -0.25) is 14.5 Å². The maximum absolute atomic E-state index is 13.8. The molecule has 0 saturated heterocycles. The summed E-state index contributed by atoms with van der Waals surface area (Å²) in [7, 11) is 1.43. The predicted molar refractivity (Wildman–Crippen MR) is 107 cm³/mol. The fourth-order valence-electron chi connectivity index (χ4n) is 3.73. The Morgan fingerprint density at radius 3 is 2.69 bits per heavy atom. The van der Waals surface area contributed by atoms with Crippen LogP contribution in [0.2, 0.25) is 0 Å². The van der Waals surface area contributed by atoms with E-state index in [1.165, 1.54) is 18.3 Å². The minimum absolute atomic E-state index is 0.0433. The predicted octanol–water partition coefficient (Wildman–Crippen LogP) is 2.28. The van der Waals surface area contributed by atoms with Crippen LogP contribution in [0.1, 0.15) is 19.4 Å². The van der Waals surface area contributed by atoms with Crippen molar-refractivity contribution in [2.75, 3.05) is 7.11 Å². The fourth-order valence-corrected chi connectivity index (χ4v) is 3.73. The topological polar surface area (TPSA) is 80.2 Å². The lowest BCUT2D eigenvalue weighted by atomic mass is 9.92. The van der Waals surface area contributed by atoms with Crippen LogP contribution in [-0.4, -0.2) is 41.4 Å². The van der Waals surface area contributed by atoms with Crippen molar-refractivity contribution in [2.45, 2.75) is 31.9 Å². The first kappa shape index (κ1) is 19.1. The number of hydrogen-bond donors (Lipinski definition) is 1. The van der Waals surface area contributed by atoms with Gasteiger partial charge in [0.15, 0.2) is 5.82 Å². The zero-order chi connectivity index (χ0) is 20.6. The highest BCUT2D eigenvalue weighted by Crippen LogP contribution is 2.36. The lowest BCUT2D eigenvalue weighted by molar-refractivity contribution is -0.150. The molecular formula is C22H23N3O4. The molecule has 150 valence electrons. The number of fused-ring (bicyclic) bond motifs is 2. The van der Waals surface area contributed by atoms with Crippen molar-refractivity contribution in [3.05, 3.63) is 71.9 Å². The van der Waals surface area contributed by atoms with Gasteiger partial charge in [0.25, 0.3) is 5.91 Å². The summed E-state index contributed by atoms with van der Waals surface area (Å²) >= 11 is 0. The zero-order valence-corrected chi connectivity index (χ0v) is 16.6. The SMILES string of the molecule is CO[C@]12C=CC=COC1=NC1=C(C(C)C)NC(=O)[C@H](Cc3ccccc3)N1C2=O. The van der Waals surface area contributed by atoms with Crippen LogP contribution < -0.4 is 5.32 Å². The highest BCUT2D eigenvalue weighted by atomic mass is 16.5. The number of benzene rings is 1. The number of aliphatic imine (C=N–C) groups is 1. The van der Waals surface area contributed by atoms with Crippen LogP contribution in [0, 0.1) is 5.92 Å². The van der Waals surface area contributed by atoms with Gasteiger partial charge in [-0.1, -0.05) is 50.3 Å². The second-order valence-corrected chi connectivity index (χ2v) is 7.42. The lowest BCUT2D eigenvalue weighted by Gasteiger charge is -2.44. The molecule has 1 aromatic rings. The molecule has 0 fully saturated rings. The highest BCUT2D eigenvalue weighted by Gasteiger charge is 2.55. The Labute approximate surface area is 169 Å². The first-order chi connectivity index (χ1) is 14.0. The van der Waals surface area contributed by atoms with Crippen LogP contribution in [-0.2, 0) is 25.5 Å². The van der Waals surface area contributed by atoms with Gasteiger partial charge < -0.3 is 14.8 Å². The first-order valence-electron chi connectivity index (χ1n) is 9.56. The Morgan fingerprint density at radius 2 is 2.00 bits per heavy atom. The third-order valence-corrected chi connectivity index (χ3v) is 5.27. The molecule has 4 rings (SSSR count). The van der Waals surface area contributed by atoms with E-state index in [4.69, 9.17) is 9.47 Å². The van der Waals surface area contributed by atoms with E-state index in [0.29, 0.717) is 17.9 Å². The van der Waals surface area contributed by atoms with E-state index in [1.54, 1.807) is 18.2 Å². The number of nitrogens with one attached hydrogen (secondary N) is 1. The van der Waals surface area contributed by atoms with Gasteiger partial charge >= 0.3 is 0 Å². The number of ether oxygens (including phenoxy) is 2. The maximum Gasteiger partial charge on any atom is 0.275 e. The van der Waals surface area contributed by atoms with Gasteiger partial charge in [-0.05, 0) is 23.6 Å². The van der Waals surface area contributed by atoms with Crippen LogP contribution in [0.25, 0.3) is 0 Å². The second-order valence-electron chi connectivity index (χ2n) is 7.42. The third-order valence-electron chi connectivity index (χ3n) is 5.27. The molecule has 0 radical (unpaired) electrons. The van der Waals surface area contributed by atoms with Gasteiger partial charge in [-0.25, -0.2) is 0 Å². The Morgan fingerprint density at radius 1 is 1.24 bits per heavy atom. The van der Waals surface area contributed by atoms with Gasteiger partial charge in [0.05, 0.1) is 12.0 Å². The molecule has 0 unspecified atom stereocenters. The molecule has 1 N–H and O–H groups in total. The minimum atomic E-state index is -1.51. The van der Waals surface area contributed by atoms with E-state index in [-0.39, 0.29) is 17.7 Å². The fraction of sp³-hybridized carbons (Fsp3) is 0.318. The molecule has 0 aliphatic carbocycles. The van der Waals surface area contributed by atoms with Crippen molar-refractivity contribution in [3.8, 4) is 0 Å². The van der Waals surface area contributed by atoms with Gasteiger partial charge in [0.2, 0.25) is 17.4 Å². The van der Waals surface area contributed by atoms with E-state index in [0.717, 1.165) is 5.56 Å². The minimum Gasteiger partial charge on any atom is -0.447 e. The largest absolute Gasteiger partial charge is 0.447 e. The average Bonchev–Trinajstić information content (AvgIpc) is 2.93. The van der Waals surface area contributed by atoms with Crippen LogP contribution in [0.15, 0.2) is 71.3 Å². The standard InChI is InChI=1S/C22H23N3O4/c1-14(2)17-18-24-20-22(28-3,11-7-8-12-29-20)21(27)25(18)16(19(26)23-17)13-15-9-5-4-6-10-15/h4-12,14,16H,13H2,1-3H3,(H,23,26)/t16-,22+/m0/s1. The van der Waals surface area contributed by atoms with E-state index in [1.807, 2.05) is 44.2 Å². The maximum atomic E-state index is 13.8. The first-order valence-corrected chi connectivity index (χ1v) is 9.56. The molecule has 2 amide bonds. The molecule has 0 bridgehead atoms. The Kier molecular flexibility index (Phi) is 4.84. The number of hydrogen-bond acceptors (Lipinski definition) is 5. The van der Waals surface area contributed by atoms with E-state index in [9.17, 15) is 9.59 Å². The zero-order valence-electron chi connectivity index (χ0n) is 16.6. The number of allylic oxidation sites excluding steroid dienone is 3. The summed E-state index contributed by atoms with van der Waals surface area (Å²) in [5.41, 5.74) is 0.0239. The summed E-state index contributed by atoms with van der Waals surface area (Å²) in [6.45, 7) is 3.88. The molecule has 7 heteroatoms. The highest BCUT2D eigenvalue weighted by molar-refractivity contribution is 6.15. The number of methoxy groups -OCH3 is 1. The molecule has 0 aromatic heterocycles. The van der Waals surface area contributed by atoms with Gasteiger partial charge in [-0.2, -0.15) is 4.99 Å². The molecule has 3 aliphatic rings. The van der Waals surface area contributed by atoms with Crippen LogP contribution >= 0.6 is 0 Å². The summed E-state index contributed by atoms with van der Waals surface area (Å²) in [4.78, 5) is 32.9. The second kappa shape index (κ2) is 7.33. The molecule has 3 heterocycles. The molecule has 1 aromatic carbocycles. The smallest absolute Gasteiger partial charge is 0.275 e. The van der Waals surface area contributed by atoms with E-state index >= 15 is 0 Å². The molecule has 0 spiro atoms. The van der Waals surface area contributed by atoms with Crippen molar-refractivity contribution >= 4 is 17.7 Å². The lowest BCUT2D eigenvalue weighted by Crippen LogP contribution is -2.65. The molecule has 7 nitrogen and oxygen atoms in total. The number of carbonyl (C=O) groups is 2. The monoisotopic (exact) mass is 393 g/mol. The van der Waals surface area contributed by atoms with Crippen molar-refractivity contribution in [3.63, 3.8) is 0 Å². The molecular weight excluding hydrogens is 370 g/mol. The number of carbonyl (C=O) groups excluding carboxylic acids is 2. The normalized spacial score (nSPS) is 25.9. The molecule has 3 aliphatic heterocycles. The van der Waals surface area contributed by atoms with Crippen LogP contribution in [0.4, 0.5) is 0 Å². The summed E-state index contributed by atoms with van der Waals surface area (Å²) in [5.74, 6) is -0.144. The van der Waals surface area contributed by atoms with Gasteiger partial charge in [0, 0.05) is 13.5 Å². The van der Waals surface area contributed by atoms with Gasteiger partial charge in [-0.15, -0.1) is 0 Å². The van der Waals surface area contributed by atoms with Gasteiger partial charge in [0.1, 0.15) is 6.04 Å². The van der Waals surface area contributed by atoms with E-state index in [2.05, 4.69) is 10.3 Å². The summed E-state index contributed by atoms with van der Waals surface area (Å²) in [5, 5.41) is 2.95. The summed E-state index contributed by atoms with van der Waals surface area (Å²) in [6.07, 6.45) is 6.77. The Hall–Kier alpha value is -3.19. The summed E-state index contributed by atoms with van der Waals surface area (Å²) in [6, 6.07) is 8.85. The quantitative estimate of drug-likeness (QED) is 0.851. The number of amides is 2. The van der Waals surface area contributed by atoms with Crippen LogP contribution in [0.3, 0.4) is 0 Å². The van der Waals surface area contributed by atoms with E-state index < -0.39 is 17.6 Å². The van der Waals surface area contributed by atoms with Crippen molar-refractivity contribution in [1.29, 1.82) is 0 Å². The Balaban J connectivity index is 1.88. The van der Waals surface area contributed by atoms with Crippen molar-refractivity contribution in [1.82, 2.24) is 10.2 Å².